The predicted octanol–water partition coefficient (Wildman–Crippen LogP) is 3.79. The third kappa shape index (κ3) is 5.51. The van der Waals surface area contributed by atoms with Crippen LogP contribution in [0.4, 0.5) is 5.00 Å². The molecule has 10 heteroatoms. The Hall–Kier alpha value is -2.27. The number of nitrogens with one attached hydrogen (secondary N) is 2. The lowest BCUT2D eigenvalue weighted by molar-refractivity contribution is 0.0962. The predicted molar refractivity (Wildman–Crippen MR) is 143 cm³/mol. The number of benzene rings is 1. The zero-order valence-corrected chi connectivity index (χ0v) is 23.1. The molecule has 2 N–H and O–H groups in total. The molecule has 0 spiro atoms. The monoisotopic (exact) mass is 532 g/mol. The van der Waals surface area contributed by atoms with Gasteiger partial charge in [-0.15, -0.1) is 11.3 Å². The Morgan fingerprint density at radius 1 is 1.08 bits per heavy atom. The highest BCUT2D eigenvalue weighted by Crippen LogP contribution is 2.37. The average molecular weight is 533 g/mol. The molecule has 1 aromatic heterocycles. The molecule has 0 aliphatic carbocycles. The van der Waals surface area contributed by atoms with E-state index >= 15 is 0 Å². The average Bonchev–Trinajstić information content (AvgIpc) is 3.20. The van der Waals surface area contributed by atoms with Crippen molar-refractivity contribution in [3.63, 3.8) is 0 Å². The fraction of sp³-hybridized carbons (Fsp3) is 0.538. The van der Waals surface area contributed by atoms with Crippen LogP contribution in [0.15, 0.2) is 29.2 Å². The van der Waals surface area contributed by atoms with E-state index in [1.54, 1.807) is 11.4 Å². The van der Waals surface area contributed by atoms with Crippen molar-refractivity contribution < 1.29 is 18.0 Å². The van der Waals surface area contributed by atoms with Crippen molar-refractivity contribution in [3.05, 3.63) is 45.8 Å². The quantitative estimate of drug-likeness (QED) is 0.565. The van der Waals surface area contributed by atoms with E-state index in [0.717, 1.165) is 49.3 Å². The molecular weight excluding hydrogens is 496 g/mol. The van der Waals surface area contributed by atoms with Gasteiger partial charge in [0.15, 0.2) is 0 Å². The van der Waals surface area contributed by atoms with Gasteiger partial charge in [0.25, 0.3) is 11.8 Å². The van der Waals surface area contributed by atoms with E-state index in [9.17, 15) is 18.0 Å². The summed E-state index contributed by atoms with van der Waals surface area (Å²) in [6, 6.07) is 6.07. The molecule has 0 radical (unpaired) electrons. The Labute approximate surface area is 218 Å². The Morgan fingerprint density at radius 2 is 1.75 bits per heavy atom. The number of rotatable bonds is 7. The van der Waals surface area contributed by atoms with Crippen LogP contribution in [0, 0.1) is 11.8 Å². The lowest BCUT2D eigenvalue weighted by Gasteiger charge is -2.34. The van der Waals surface area contributed by atoms with Crippen LogP contribution in [0.3, 0.4) is 0 Å². The zero-order valence-electron chi connectivity index (χ0n) is 21.5. The molecule has 0 saturated carbocycles. The maximum Gasteiger partial charge on any atom is 0.256 e. The van der Waals surface area contributed by atoms with Gasteiger partial charge in [-0.05, 0) is 67.5 Å². The number of hydrogen-bond acceptors (Lipinski definition) is 6. The summed E-state index contributed by atoms with van der Waals surface area (Å²) in [5.41, 5.74) is 1.89. The molecule has 36 heavy (non-hydrogen) atoms. The van der Waals surface area contributed by atoms with Crippen LogP contribution in [0.25, 0.3) is 0 Å². The fourth-order valence-electron chi connectivity index (χ4n) is 5.32. The molecule has 1 aromatic carbocycles. The van der Waals surface area contributed by atoms with Gasteiger partial charge in [-0.2, -0.15) is 4.31 Å². The highest BCUT2D eigenvalue weighted by molar-refractivity contribution is 7.89. The standard InChI is InChI=1S/C26H36N4O4S2/c1-5-11-29-12-10-21-22(16-29)35-26(23(21)25(32)27-4)28-24(31)19-6-8-20(9-7-19)36(33,34)30-14-17(2)13-18(3)15-30/h6-9,17-18H,5,10-16H2,1-4H3,(H,27,32)(H,28,31). The first-order valence-corrected chi connectivity index (χ1v) is 14.9. The molecule has 1 fully saturated rings. The molecule has 2 aliphatic rings. The topological polar surface area (TPSA) is 98.8 Å². The van der Waals surface area contributed by atoms with Gasteiger partial charge in [0.2, 0.25) is 10.0 Å². The Kier molecular flexibility index (Phi) is 8.18. The molecule has 8 nitrogen and oxygen atoms in total. The smallest absolute Gasteiger partial charge is 0.256 e. The molecule has 196 valence electrons. The van der Waals surface area contributed by atoms with Crippen molar-refractivity contribution in [1.29, 1.82) is 0 Å². The summed E-state index contributed by atoms with van der Waals surface area (Å²) in [4.78, 5) is 29.5. The minimum absolute atomic E-state index is 0.189. The SMILES string of the molecule is CCCN1CCc2c(sc(NC(=O)c3ccc(S(=O)(=O)N4CC(C)CC(C)C4)cc3)c2C(=O)NC)C1. The molecule has 2 unspecified atom stereocenters. The maximum absolute atomic E-state index is 13.2. The van der Waals surface area contributed by atoms with Crippen molar-refractivity contribution in [2.24, 2.45) is 11.8 Å². The fourth-order valence-corrected chi connectivity index (χ4v) is 8.28. The van der Waals surface area contributed by atoms with Gasteiger partial charge in [-0.1, -0.05) is 20.8 Å². The van der Waals surface area contributed by atoms with E-state index < -0.39 is 10.0 Å². The number of thiophene rings is 1. The minimum atomic E-state index is -3.62. The number of piperidine rings is 1. The third-order valence-electron chi connectivity index (χ3n) is 6.95. The summed E-state index contributed by atoms with van der Waals surface area (Å²) in [6.07, 6.45) is 2.85. The number of hydrogen-bond donors (Lipinski definition) is 2. The summed E-state index contributed by atoms with van der Waals surface area (Å²) in [5, 5.41) is 6.16. The maximum atomic E-state index is 13.2. The second-order valence-corrected chi connectivity index (χ2v) is 13.1. The molecular formula is C26H36N4O4S2. The number of fused-ring (bicyclic) bond motifs is 1. The lowest BCUT2D eigenvalue weighted by Crippen LogP contribution is -2.42. The number of carbonyl (C=O) groups is 2. The normalized spacial score (nSPS) is 21.1. The van der Waals surface area contributed by atoms with Crippen LogP contribution in [0.1, 0.15) is 64.8 Å². The summed E-state index contributed by atoms with van der Waals surface area (Å²) >= 11 is 1.45. The number of nitrogens with zero attached hydrogens (tertiary/aromatic N) is 2. The Bertz CT molecular complexity index is 1210. The van der Waals surface area contributed by atoms with Gasteiger partial charge in [0, 0.05) is 43.7 Å². The van der Waals surface area contributed by atoms with E-state index in [0.29, 0.717) is 41.1 Å². The van der Waals surface area contributed by atoms with E-state index in [2.05, 4.69) is 36.3 Å². The van der Waals surface area contributed by atoms with Gasteiger partial charge >= 0.3 is 0 Å². The Balaban J connectivity index is 1.53. The first-order valence-electron chi connectivity index (χ1n) is 12.6. The van der Waals surface area contributed by atoms with E-state index in [4.69, 9.17) is 0 Å². The highest BCUT2D eigenvalue weighted by Gasteiger charge is 2.32. The number of anilines is 1. The van der Waals surface area contributed by atoms with Crippen LogP contribution in [0.5, 0.6) is 0 Å². The highest BCUT2D eigenvalue weighted by atomic mass is 32.2. The van der Waals surface area contributed by atoms with E-state index in [1.807, 2.05) is 0 Å². The van der Waals surface area contributed by atoms with Gasteiger partial charge in [-0.3, -0.25) is 14.5 Å². The lowest BCUT2D eigenvalue weighted by atomic mass is 9.94. The number of amides is 2. The molecule has 3 heterocycles. The van der Waals surface area contributed by atoms with Crippen LogP contribution >= 0.6 is 11.3 Å². The molecule has 2 aliphatic heterocycles. The summed E-state index contributed by atoms with van der Waals surface area (Å²) in [5.74, 6) is 0.0500. The molecule has 1 saturated heterocycles. The third-order valence-corrected chi connectivity index (χ3v) is 9.92. The van der Waals surface area contributed by atoms with Gasteiger partial charge in [0.05, 0.1) is 10.5 Å². The summed E-state index contributed by atoms with van der Waals surface area (Å²) in [6.45, 7) is 9.97. The molecule has 2 atom stereocenters. The van der Waals surface area contributed by atoms with Crippen LogP contribution in [0.2, 0.25) is 0 Å². The van der Waals surface area contributed by atoms with E-state index in [-0.39, 0.29) is 16.7 Å². The van der Waals surface area contributed by atoms with Crippen LogP contribution < -0.4 is 10.6 Å². The van der Waals surface area contributed by atoms with Gasteiger partial charge in [-0.25, -0.2) is 8.42 Å². The second-order valence-electron chi connectivity index (χ2n) is 10.1. The van der Waals surface area contributed by atoms with Crippen molar-refractivity contribution >= 4 is 38.2 Å². The molecule has 2 aromatic rings. The van der Waals surface area contributed by atoms with Gasteiger partial charge in [0.1, 0.15) is 5.00 Å². The van der Waals surface area contributed by atoms with E-state index in [1.165, 1.54) is 35.6 Å². The molecule has 2 amide bonds. The number of sulfonamides is 1. The van der Waals surface area contributed by atoms with Gasteiger partial charge < -0.3 is 10.6 Å². The van der Waals surface area contributed by atoms with Crippen LogP contribution in [-0.4, -0.2) is 62.7 Å². The minimum Gasteiger partial charge on any atom is -0.355 e. The Morgan fingerprint density at radius 3 is 2.36 bits per heavy atom. The second kappa shape index (κ2) is 11.0. The van der Waals surface area contributed by atoms with Crippen LogP contribution in [-0.2, 0) is 23.0 Å². The zero-order chi connectivity index (χ0) is 26.0. The largest absolute Gasteiger partial charge is 0.355 e. The molecule has 4 rings (SSSR count). The summed E-state index contributed by atoms with van der Waals surface area (Å²) < 4.78 is 27.9. The van der Waals surface area contributed by atoms with Crippen molar-refractivity contribution in [2.75, 3.05) is 38.5 Å². The molecule has 0 bridgehead atoms. The first-order chi connectivity index (χ1) is 17.1. The van der Waals surface area contributed by atoms with Crippen molar-refractivity contribution in [1.82, 2.24) is 14.5 Å². The first kappa shape index (κ1) is 26.8. The summed E-state index contributed by atoms with van der Waals surface area (Å²) in [7, 11) is -2.03. The van der Waals surface area contributed by atoms with Crippen molar-refractivity contribution in [2.45, 2.75) is 51.5 Å². The van der Waals surface area contributed by atoms with Crippen molar-refractivity contribution in [3.8, 4) is 0 Å². The number of carbonyl (C=O) groups excluding carboxylic acids is 2.